The van der Waals surface area contributed by atoms with Crippen LogP contribution in [0.1, 0.15) is 11.1 Å². The van der Waals surface area contributed by atoms with Gasteiger partial charge in [-0.15, -0.1) is 0 Å². The Hall–Kier alpha value is -2.08. The van der Waals surface area contributed by atoms with Gasteiger partial charge in [0, 0.05) is 19.5 Å². The molecule has 3 rings (SSSR count). The van der Waals surface area contributed by atoms with E-state index in [0.29, 0.717) is 6.54 Å². The first-order valence-corrected chi connectivity index (χ1v) is 7.02. The van der Waals surface area contributed by atoms with Gasteiger partial charge in [-0.3, -0.25) is 14.5 Å². The number of carbonyl (C=O) groups is 2. The second-order valence-corrected chi connectivity index (χ2v) is 5.64. The summed E-state index contributed by atoms with van der Waals surface area (Å²) in [6, 6.07) is 5.35. The lowest BCUT2D eigenvalue weighted by molar-refractivity contribution is -0.146. The Balaban J connectivity index is 1.69. The number of rotatable bonds is 3. The molecule has 6 nitrogen and oxygen atoms in total. The molecule has 112 valence electrons. The first kappa shape index (κ1) is 13.9. The minimum atomic E-state index is -0.915. The Morgan fingerprint density at radius 2 is 2.33 bits per heavy atom. The number of nitrogens with zero attached hydrogens (tertiary/aromatic N) is 1. The van der Waals surface area contributed by atoms with E-state index in [1.165, 1.54) is 5.56 Å². The molecule has 1 saturated heterocycles. The van der Waals surface area contributed by atoms with E-state index in [2.05, 4.69) is 11.4 Å². The molecule has 0 radical (unpaired) electrons. The Morgan fingerprint density at radius 3 is 3.10 bits per heavy atom. The van der Waals surface area contributed by atoms with Crippen molar-refractivity contribution in [3.63, 3.8) is 0 Å². The number of benzene rings is 1. The molecule has 6 heteroatoms. The monoisotopic (exact) mass is 290 g/mol. The molecule has 2 atom stereocenters. The predicted molar refractivity (Wildman–Crippen MR) is 75.3 cm³/mol. The summed E-state index contributed by atoms with van der Waals surface area (Å²) >= 11 is 0. The van der Waals surface area contributed by atoms with Gasteiger partial charge in [-0.1, -0.05) is 17.7 Å². The van der Waals surface area contributed by atoms with Gasteiger partial charge in [0.25, 0.3) is 0 Å². The third-order valence-electron chi connectivity index (χ3n) is 3.96. The highest BCUT2D eigenvalue weighted by molar-refractivity contribution is 5.83. The number of carboxylic acid groups (broad SMARTS) is 1. The maximum absolute atomic E-state index is 11.5. The lowest BCUT2D eigenvalue weighted by Gasteiger charge is -2.33. The molecule has 2 aliphatic rings. The van der Waals surface area contributed by atoms with E-state index in [1.807, 2.05) is 19.1 Å². The second kappa shape index (κ2) is 5.37. The van der Waals surface area contributed by atoms with Crippen LogP contribution in [0.3, 0.4) is 0 Å². The minimum absolute atomic E-state index is 0.102. The van der Waals surface area contributed by atoms with Gasteiger partial charge in [0.05, 0.1) is 6.54 Å². The summed E-state index contributed by atoms with van der Waals surface area (Å²) in [7, 11) is 0. The zero-order chi connectivity index (χ0) is 15.0. The maximum atomic E-state index is 11.5. The molecule has 0 saturated carbocycles. The van der Waals surface area contributed by atoms with Crippen LogP contribution in [0.2, 0.25) is 0 Å². The van der Waals surface area contributed by atoms with Gasteiger partial charge < -0.3 is 15.2 Å². The third kappa shape index (κ3) is 2.85. The number of aryl methyl sites for hydroxylation is 1. The van der Waals surface area contributed by atoms with Crippen molar-refractivity contribution in [1.82, 2.24) is 10.2 Å². The van der Waals surface area contributed by atoms with Crippen LogP contribution in [0.15, 0.2) is 18.2 Å². The third-order valence-corrected chi connectivity index (χ3v) is 3.96. The molecule has 1 aromatic carbocycles. The SMILES string of the molecule is Cc1ccc2c(c1)CC(CN1CC(=O)NCC1C(=O)O)O2. The van der Waals surface area contributed by atoms with Crippen molar-refractivity contribution < 1.29 is 19.4 Å². The Kier molecular flexibility index (Phi) is 3.55. The highest BCUT2D eigenvalue weighted by atomic mass is 16.5. The van der Waals surface area contributed by atoms with Crippen LogP contribution >= 0.6 is 0 Å². The van der Waals surface area contributed by atoms with Gasteiger partial charge in [0.15, 0.2) is 0 Å². The van der Waals surface area contributed by atoms with E-state index in [1.54, 1.807) is 4.90 Å². The van der Waals surface area contributed by atoms with Crippen LogP contribution in [0.25, 0.3) is 0 Å². The number of ether oxygens (including phenoxy) is 1. The summed E-state index contributed by atoms with van der Waals surface area (Å²) in [6.45, 7) is 2.72. The molecule has 0 aliphatic carbocycles. The van der Waals surface area contributed by atoms with Crippen LogP contribution in [-0.2, 0) is 16.0 Å². The van der Waals surface area contributed by atoms with Crippen LogP contribution in [0, 0.1) is 6.92 Å². The normalized spacial score (nSPS) is 25.1. The van der Waals surface area contributed by atoms with Gasteiger partial charge in [-0.2, -0.15) is 0 Å². The van der Waals surface area contributed by atoms with Crippen LogP contribution in [0.5, 0.6) is 5.75 Å². The number of aliphatic carboxylic acids is 1. The van der Waals surface area contributed by atoms with Crippen molar-refractivity contribution in [3.8, 4) is 5.75 Å². The summed E-state index contributed by atoms with van der Waals surface area (Å²) in [6.07, 6.45) is 0.649. The van der Waals surface area contributed by atoms with Crippen molar-refractivity contribution in [2.24, 2.45) is 0 Å². The largest absolute Gasteiger partial charge is 0.488 e. The number of piperazine rings is 1. The number of fused-ring (bicyclic) bond motifs is 1. The lowest BCUT2D eigenvalue weighted by Crippen LogP contribution is -2.59. The fraction of sp³-hybridized carbons (Fsp3) is 0.467. The van der Waals surface area contributed by atoms with E-state index in [4.69, 9.17) is 4.74 Å². The van der Waals surface area contributed by atoms with E-state index in [0.717, 1.165) is 17.7 Å². The zero-order valence-electron chi connectivity index (χ0n) is 11.8. The van der Waals surface area contributed by atoms with Gasteiger partial charge in [-0.25, -0.2) is 0 Å². The lowest BCUT2D eigenvalue weighted by atomic mass is 10.1. The molecular weight excluding hydrogens is 272 g/mol. The average molecular weight is 290 g/mol. The number of hydrogen-bond acceptors (Lipinski definition) is 4. The molecule has 2 unspecified atom stereocenters. The smallest absolute Gasteiger partial charge is 0.322 e. The molecule has 21 heavy (non-hydrogen) atoms. The van der Waals surface area contributed by atoms with Gasteiger partial charge in [0.1, 0.15) is 17.9 Å². The van der Waals surface area contributed by atoms with E-state index in [-0.39, 0.29) is 25.1 Å². The molecular formula is C15H18N2O4. The first-order chi connectivity index (χ1) is 10.0. The molecule has 2 aliphatic heterocycles. The van der Waals surface area contributed by atoms with Crippen LogP contribution in [0.4, 0.5) is 0 Å². The fourth-order valence-corrected chi connectivity index (χ4v) is 2.94. The minimum Gasteiger partial charge on any atom is -0.488 e. The van der Waals surface area contributed by atoms with Gasteiger partial charge in [-0.05, 0) is 18.6 Å². The molecule has 1 amide bonds. The second-order valence-electron chi connectivity index (χ2n) is 5.64. The fourth-order valence-electron chi connectivity index (χ4n) is 2.94. The molecule has 0 bridgehead atoms. The summed E-state index contributed by atoms with van der Waals surface area (Å²) in [5, 5.41) is 11.8. The average Bonchev–Trinajstić information content (AvgIpc) is 2.79. The van der Waals surface area contributed by atoms with Crippen molar-refractivity contribution in [2.75, 3.05) is 19.6 Å². The van der Waals surface area contributed by atoms with Gasteiger partial charge >= 0.3 is 5.97 Å². The highest BCUT2D eigenvalue weighted by Crippen LogP contribution is 2.30. The molecule has 2 heterocycles. The topological polar surface area (TPSA) is 78.9 Å². The summed E-state index contributed by atoms with van der Waals surface area (Å²) < 4.78 is 5.86. The number of amides is 1. The Labute approximate surface area is 122 Å². The number of hydrogen-bond donors (Lipinski definition) is 2. The first-order valence-electron chi connectivity index (χ1n) is 7.02. The Bertz CT molecular complexity index is 587. The molecule has 2 N–H and O–H groups in total. The molecule has 0 aromatic heterocycles. The van der Waals surface area contributed by atoms with Gasteiger partial charge in [0.2, 0.25) is 5.91 Å². The van der Waals surface area contributed by atoms with Crippen molar-refractivity contribution >= 4 is 11.9 Å². The zero-order valence-corrected chi connectivity index (χ0v) is 11.8. The van der Waals surface area contributed by atoms with Crippen molar-refractivity contribution in [1.29, 1.82) is 0 Å². The molecule has 0 spiro atoms. The summed E-state index contributed by atoms with van der Waals surface area (Å²) in [5.74, 6) is -0.195. The molecule has 1 aromatic rings. The highest BCUT2D eigenvalue weighted by Gasteiger charge is 2.35. The van der Waals surface area contributed by atoms with Crippen molar-refractivity contribution in [2.45, 2.75) is 25.5 Å². The number of carbonyl (C=O) groups excluding carboxylic acids is 1. The van der Waals surface area contributed by atoms with Crippen LogP contribution < -0.4 is 10.1 Å². The van der Waals surface area contributed by atoms with E-state index >= 15 is 0 Å². The van der Waals surface area contributed by atoms with E-state index in [9.17, 15) is 14.7 Å². The van der Waals surface area contributed by atoms with E-state index < -0.39 is 12.0 Å². The maximum Gasteiger partial charge on any atom is 0.322 e. The number of nitrogens with one attached hydrogen (secondary N) is 1. The Morgan fingerprint density at radius 1 is 1.52 bits per heavy atom. The predicted octanol–water partition coefficient (Wildman–Crippen LogP) is 0.184. The standard InChI is InChI=1S/C15H18N2O4/c1-9-2-3-13-10(4-9)5-11(21-13)7-17-8-14(18)16-6-12(17)15(19)20/h2-4,11-12H,5-8H2,1H3,(H,16,18)(H,19,20). The number of carboxylic acids is 1. The summed E-state index contributed by atoms with van der Waals surface area (Å²) in [4.78, 5) is 24.5. The molecule has 1 fully saturated rings. The van der Waals surface area contributed by atoms with Crippen LogP contribution in [-0.4, -0.2) is 53.7 Å². The summed E-state index contributed by atoms with van der Waals surface area (Å²) in [5.41, 5.74) is 2.33. The van der Waals surface area contributed by atoms with Crippen molar-refractivity contribution in [3.05, 3.63) is 29.3 Å². The quantitative estimate of drug-likeness (QED) is 0.830.